The second-order valence-electron chi connectivity index (χ2n) is 5.31. The maximum atomic E-state index is 6.30. The molecular weight excluding hydrogens is 330 g/mol. The summed E-state index contributed by atoms with van der Waals surface area (Å²) in [4.78, 5) is 0. The Kier molecular flexibility index (Phi) is 4.29. The highest BCUT2D eigenvalue weighted by Crippen LogP contribution is 2.40. The molecule has 0 spiro atoms. The number of rotatable bonds is 3. The summed E-state index contributed by atoms with van der Waals surface area (Å²) in [6, 6.07) is 14.3. The lowest BCUT2D eigenvalue weighted by molar-refractivity contribution is 0.160. The number of hydrogen-bond acceptors (Lipinski definition) is 3. The number of halogens is 1. The minimum atomic E-state index is -0.0152. The first-order valence-electron chi connectivity index (χ1n) is 6.97. The van der Waals surface area contributed by atoms with E-state index in [1.807, 2.05) is 24.3 Å². The zero-order chi connectivity index (χ0) is 14.8. The van der Waals surface area contributed by atoms with Crippen LogP contribution in [-0.2, 0) is 11.3 Å². The number of methoxy groups -OCH3 is 1. The summed E-state index contributed by atoms with van der Waals surface area (Å²) in [6.45, 7) is 0.606. The Hall–Kier alpha value is -1.36. The summed E-state index contributed by atoms with van der Waals surface area (Å²) < 4.78 is 12.3. The summed E-state index contributed by atoms with van der Waals surface area (Å²) in [5.74, 6) is 0.866. The van der Waals surface area contributed by atoms with Crippen molar-refractivity contribution in [2.75, 3.05) is 7.11 Å². The molecule has 0 aliphatic carbocycles. The first-order valence-corrected chi connectivity index (χ1v) is 7.76. The molecule has 0 radical (unpaired) electrons. The van der Waals surface area contributed by atoms with Gasteiger partial charge in [-0.1, -0.05) is 40.2 Å². The molecule has 0 bridgehead atoms. The van der Waals surface area contributed by atoms with Gasteiger partial charge in [0.05, 0.1) is 6.61 Å². The second-order valence-corrected chi connectivity index (χ2v) is 6.22. The maximum absolute atomic E-state index is 6.30. The van der Waals surface area contributed by atoms with E-state index in [1.165, 1.54) is 0 Å². The fourth-order valence-corrected chi connectivity index (χ4v) is 3.07. The molecule has 2 N–H and O–H groups in total. The van der Waals surface area contributed by atoms with Crippen LogP contribution >= 0.6 is 15.9 Å². The zero-order valence-corrected chi connectivity index (χ0v) is 13.5. The third-order valence-electron chi connectivity index (χ3n) is 3.75. The maximum Gasteiger partial charge on any atom is 0.126 e. The van der Waals surface area contributed by atoms with E-state index >= 15 is 0 Å². The molecular formula is C17H18BrNO2. The first kappa shape index (κ1) is 14.6. The van der Waals surface area contributed by atoms with Crippen LogP contribution < -0.4 is 10.5 Å². The summed E-state index contributed by atoms with van der Waals surface area (Å²) in [7, 11) is 1.70. The average Bonchev–Trinajstić information content (AvgIpc) is 2.47. The molecule has 0 fully saturated rings. The number of fused-ring (bicyclic) bond motifs is 1. The third kappa shape index (κ3) is 3.12. The molecule has 0 saturated carbocycles. The summed E-state index contributed by atoms with van der Waals surface area (Å²) in [5, 5.41) is 0. The predicted octanol–water partition coefficient (Wildman–Crippen LogP) is 4.12. The molecule has 3 nitrogen and oxygen atoms in total. The molecule has 21 heavy (non-hydrogen) atoms. The molecule has 1 heterocycles. The van der Waals surface area contributed by atoms with Gasteiger partial charge in [0.15, 0.2) is 0 Å². The number of benzene rings is 2. The lowest BCUT2D eigenvalue weighted by Gasteiger charge is -2.31. The van der Waals surface area contributed by atoms with Gasteiger partial charge in [-0.05, 0) is 29.3 Å². The van der Waals surface area contributed by atoms with Crippen LogP contribution in [0.25, 0.3) is 0 Å². The monoisotopic (exact) mass is 347 g/mol. The molecule has 4 heteroatoms. The van der Waals surface area contributed by atoms with Gasteiger partial charge < -0.3 is 15.2 Å². The summed E-state index contributed by atoms with van der Waals surface area (Å²) >= 11 is 3.48. The third-order valence-corrected chi connectivity index (χ3v) is 4.24. The van der Waals surface area contributed by atoms with Crippen molar-refractivity contribution in [3.63, 3.8) is 0 Å². The van der Waals surface area contributed by atoms with Gasteiger partial charge in [0, 0.05) is 29.6 Å². The lowest BCUT2D eigenvalue weighted by Crippen LogP contribution is -2.24. The molecule has 2 aromatic carbocycles. The molecule has 0 amide bonds. The largest absolute Gasteiger partial charge is 0.485 e. The summed E-state index contributed by atoms with van der Waals surface area (Å²) in [6.07, 6.45) is 0.768. The van der Waals surface area contributed by atoms with Crippen LogP contribution in [0.15, 0.2) is 46.9 Å². The molecule has 1 aliphatic heterocycles. The van der Waals surface area contributed by atoms with Crippen molar-refractivity contribution in [3.05, 3.63) is 63.6 Å². The van der Waals surface area contributed by atoms with Crippen LogP contribution in [0, 0.1) is 0 Å². The molecule has 2 aromatic rings. The standard InChI is InChI=1S/C17H18BrNO2/c1-20-10-11-3-2-4-12(7-11)16-9-15(19)14-6-5-13(18)8-17(14)21-16/h2-8,15-16H,9-10,19H2,1H3/t15-,16?/m1/s1. The van der Waals surface area contributed by atoms with Crippen molar-refractivity contribution < 1.29 is 9.47 Å². The summed E-state index contributed by atoms with van der Waals surface area (Å²) in [5.41, 5.74) is 9.66. The molecule has 0 saturated heterocycles. The highest BCUT2D eigenvalue weighted by molar-refractivity contribution is 9.10. The Morgan fingerprint density at radius 2 is 2.14 bits per heavy atom. The van der Waals surface area contributed by atoms with Gasteiger partial charge in [-0.15, -0.1) is 0 Å². The number of ether oxygens (including phenoxy) is 2. The van der Waals surface area contributed by atoms with Crippen molar-refractivity contribution in [1.29, 1.82) is 0 Å². The van der Waals surface area contributed by atoms with E-state index in [-0.39, 0.29) is 12.1 Å². The number of hydrogen-bond donors (Lipinski definition) is 1. The fourth-order valence-electron chi connectivity index (χ4n) is 2.73. The molecule has 1 aliphatic rings. The van der Waals surface area contributed by atoms with E-state index in [0.717, 1.165) is 33.3 Å². The van der Waals surface area contributed by atoms with E-state index < -0.39 is 0 Å². The van der Waals surface area contributed by atoms with Gasteiger partial charge in [-0.25, -0.2) is 0 Å². The molecule has 2 atom stereocenters. The van der Waals surface area contributed by atoms with Crippen LogP contribution in [0.1, 0.15) is 35.3 Å². The Labute approximate surface area is 133 Å². The Morgan fingerprint density at radius 1 is 1.29 bits per heavy atom. The SMILES string of the molecule is COCc1cccc(C2C[C@@H](N)c3ccc(Br)cc3O2)c1. The molecule has 3 rings (SSSR count). The predicted molar refractivity (Wildman–Crippen MR) is 86.2 cm³/mol. The van der Waals surface area contributed by atoms with Crippen molar-refractivity contribution in [2.45, 2.75) is 25.2 Å². The molecule has 110 valence electrons. The molecule has 1 unspecified atom stereocenters. The van der Waals surface area contributed by atoms with Gasteiger partial charge in [0.2, 0.25) is 0 Å². The van der Waals surface area contributed by atoms with Gasteiger partial charge >= 0.3 is 0 Å². The fraction of sp³-hybridized carbons (Fsp3) is 0.294. The highest BCUT2D eigenvalue weighted by atomic mass is 79.9. The Bertz CT molecular complexity index is 644. The van der Waals surface area contributed by atoms with E-state index in [2.05, 4.69) is 34.1 Å². The topological polar surface area (TPSA) is 44.5 Å². The quantitative estimate of drug-likeness (QED) is 0.908. The van der Waals surface area contributed by atoms with E-state index in [0.29, 0.717) is 6.61 Å². The van der Waals surface area contributed by atoms with E-state index in [9.17, 15) is 0 Å². The smallest absolute Gasteiger partial charge is 0.126 e. The number of nitrogens with two attached hydrogens (primary N) is 1. The normalized spacial score (nSPS) is 20.7. The minimum Gasteiger partial charge on any atom is -0.485 e. The van der Waals surface area contributed by atoms with Crippen LogP contribution in [0.4, 0.5) is 0 Å². The Balaban J connectivity index is 1.89. The van der Waals surface area contributed by atoms with Crippen molar-refractivity contribution in [2.24, 2.45) is 5.73 Å². The van der Waals surface area contributed by atoms with E-state index in [1.54, 1.807) is 7.11 Å². The van der Waals surface area contributed by atoms with Crippen molar-refractivity contribution in [3.8, 4) is 5.75 Å². The van der Waals surface area contributed by atoms with Crippen LogP contribution in [0.2, 0.25) is 0 Å². The van der Waals surface area contributed by atoms with Crippen molar-refractivity contribution in [1.82, 2.24) is 0 Å². The molecule has 0 aromatic heterocycles. The van der Waals surface area contributed by atoms with Gasteiger partial charge in [0.25, 0.3) is 0 Å². The van der Waals surface area contributed by atoms with Gasteiger partial charge in [-0.3, -0.25) is 0 Å². The van der Waals surface area contributed by atoms with Gasteiger partial charge in [0.1, 0.15) is 11.9 Å². The Morgan fingerprint density at radius 3 is 2.95 bits per heavy atom. The lowest BCUT2D eigenvalue weighted by atomic mass is 9.93. The zero-order valence-electron chi connectivity index (χ0n) is 11.9. The van der Waals surface area contributed by atoms with Crippen molar-refractivity contribution >= 4 is 15.9 Å². The average molecular weight is 348 g/mol. The van der Waals surface area contributed by atoms with Crippen LogP contribution in [0.3, 0.4) is 0 Å². The minimum absolute atomic E-state index is 0.00192. The van der Waals surface area contributed by atoms with Crippen LogP contribution in [0.5, 0.6) is 5.75 Å². The first-order chi connectivity index (χ1) is 10.2. The van der Waals surface area contributed by atoms with Gasteiger partial charge in [-0.2, -0.15) is 0 Å². The highest BCUT2D eigenvalue weighted by Gasteiger charge is 2.27. The van der Waals surface area contributed by atoms with E-state index in [4.69, 9.17) is 15.2 Å². The van der Waals surface area contributed by atoms with Crippen LogP contribution in [-0.4, -0.2) is 7.11 Å². The second kappa shape index (κ2) is 6.18.